The van der Waals surface area contributed by atoms with E-state index in [0.29, 0.717) is 17.5 Å². The Morgan fingerprint density at radius 1 is 0.286 bits per heavy atom. The third kappa shape index (κ3) is 5.21. The van der Waals surface area contributed by atoms with Gasteiger partial charge in [0.25, 0.3) is 0 Å². The maximum Gasteiger partial charge on any atom is 0.164 e. The Labute approximate surface area is 323 Å². The van der Waals surface area contributed by atoms with Crippen LogP contribution in [0.3, 0.4) is 0 Å². The lowest BCUT2D eigenvalue weighted by Gasteiger charge is -2.11. The minimum absolute atomic E-state index is 0.632. The van der Waals surface area contributed by atoms with Gasteiger partial charge in [-0.05, 0) is 65.7 Å². The summed E-state index contributed by atoms with van der Waals surface area (Å²) in [5.41, 5.74) is 12.0. The Hall–Kier alpha value is -7.63. The Morgan fingerprint density at radius 3 is 1.39 bits per heavy atom. The summed E-state index contributed by atoms with van der Waals surface area (Å²) in [6, 6.07) is 70.4. The number of aromatic nitrogens is 5. The molecule has 0 amide bonds. The van der Waals surface area contributed by atoms with Crippen LogP contribution in [0.1, 0.15) is 0 Å². The van der Waals surface area contributed by atoms with Gasteiger partial charge in [0.1, 0.15) is 0 Å². The number of benzene rings is 8. The van der Waals surface area contributed by atoms with Crippen LogP contribution in [0.5, 0.6) is 0 Å². The van der Waals surface area contributed by atoms with E-state index in [-0.39, 0.29) is 0 Å². The topological polar surface area (TPSA) is 48.5 Å². The average molecular weight is 716 g/mol. The zero-order valence-electron chi connectivity index (χ0n) is 30.3. The SMILES string of the molecule is c1ccc(-c2nc(-c3ccccc3)nc(-c3cccc(-c4cccc5c4c4cc(-n6c7ccccc7c7ccccc76)ccc4n5-c4ccccc4)c3)n2)cc1. The van der Waals surface area contributed by atoms with E-state index in [1.165, 1.54) is 32.6 Å². The Balaban J connectivity index is 1.14. The second-order valence-corrected chi connectivity index (χ2v) is 14.1. The fourth-order valence-corrected chi connectivity index (χ4v) is 8.26. The van der Waals surface area contributed by atoms with Crippen molar-refractivity contribution in [3.63, 3.8) is 0 Å². The van der Waals surface area contributed by atoms with Gasteiger partial charge in [0, 0.05) is 49.6 Å². The van der Waals surface area contributed by atoms with Crippen molar-refractivity contribution in [1.29, 1.82) is 0 Å². The van der Waals surface area contributed by atoms with E-state index in [0.717, 1.165) is 50.2 Å². The first-order valence-corrected chi connectivity index (χ1v) is 18.9. The van der Waals surface area contributed by atoms with E-state index in [2.05, 4.69) is 149 Å². The summed E-state index contributed by atoms with van der Waals surface area (Å²) in [7, 11) is 0. The molecule has 8 aromatic carbocycles. The number of para-hydroxylation sites is 3. The predicted octanol–water partition coefficient (Wildman–Crippen LogP) is 12.7. The van der Waals surface area contributed by atoms with Crippen LogP contribution in [0, 0.1) is 0 Å². The normalized spacial score (nSPS) is 11.6. The van der Waals surface area contributed by atoms with Crippen molar-refractivity contribution in [1.82, 2.24) is 24.1 Å². The van der Waals surface area contributed by atoms with Gasteiger partial charge in [-0.3, -0.25) is 0 Å². The average Bonchev–Trinajstić information content (AvgIpc) is 3.80. The Kier molecular flexibility index (Phi) is 7.42. The van der Waals surface area contributed by atoms with E-state index in [4.69, 9.17) is 15.0 Å². The lowest BCUT2D eigenvalue weighted by molar-refractivity contribution is 1.07. The zero-order valence-corrected chi connectivity index (χ0v) is 30.3. The van der Waals surface area contributed by atoms with E-state index in [9.17, 15) is 0 Å². The van der Waals surface area contributed by atoms with Gasteiger partial charge in [0.05, 0.1) is 22.1 Å². The van der Waals surface area contributed by atoms with Gasteiger partial charge in [0.15, 0.2) is 17.5 Å². The molecule has 0 N–H and O–H groups in total. The minimum Gasteiger partial charge on any atom is -0.309 e. The molecule has 0 aliphatic rings. The highest BCUT2D eigenvalue weighted by molar-refractivity contribution is 6.17. The number of nitrogens with zero attached hydrogens (tertiary/aromatic N) is 5. The monoisotopic (exact) mass is 715 g/mol. The molecule has 0 saturated heterocycles. The molecule has 5 heteroatoms. The van der Waals surface area contributed by atoms with Crippen molar-refractivity contribution in [3.8, 4) is 56.7 Å². The minimum atomic E-state index is 0.632. The van der Waals surface area contributed by atoms with E-state index in [1.807, 2.05) is 60.7 Å². The first-order chi connectivity index (χ1) is 27.8. The molecule has 56 heavy (non-hydrogen) atoms. The molecule has 3 aromatic heterocycles. The van der Waals surface area contributed by atoms with Crippen molar-refractivity contribution in [2.24, 2.45) is 0 Å². The number of hydrogen-bond acceptors (Lipinski definition) is 3. The number of hydrogen-bond donors (Lipinski definition) is 0. The highest BCUT2D eigenvalue weighted by Gasteiger charge is 2.20. The molecule has 5 nitrogen and oxygen atoms in total. The first-order valence-electron chi connectivity index (χ1n) is 18.9. The van der Waals surface area contributed by atoms with Crippen molar-refractivity contribution in [2.75, 3.05) is 0 Å². The fraction of sp³-hybridized carbons (Fsp3) is 0. The molecule has 0 saturated carbocycles. The number of fused-ring (bicyclic) bond motifs is 6. The van der Waals surface area contributed by atoms with E-state index >= 15 is 0 Å². The maximum absolute atomic E-state index is 5.05. The van der Waals surface area contributed by atoms with Gasteiger partial charge in [-0.25, -0.2) is 15.0 Å². The molecular formula is C51H33N5. The second kappa shape index (κ2) is 13.0. The van der Waals surface area contributed by atoms with Crippen molar-refractivity contribution < 1.29 is 0 Å². The van der Waals surface area contributed by atoms with Crippen LogP contribution in [0.15, 0.2) is 200 Å². The van der Waals surface area contributed by atoms with Gasteiger partial charge in [0.2, 0.25) is 0 Å². The summed E-state index contributed by atoms with van der Waals surface area (Å²) in [5, 5.41) is 4.87. The van der Waals surface area contributed by atoms with E-state index in [1.54, 1.807) is 0 Å². The van der Waals surface area contributed by atoms with Crippen molar-refractivity contribution in [2.45, 2.75) is 0 Å². The van der Waals surface area contributed by atoms with Crippen LogP contribution in [0.2, 0.25) is 0 Å². The molecule has 0 atom stereocenters. The molecule has 0 spiro atoms. The first kappa shape index (κ1) is 31.9. The van der Waals surface area contributed by atoms with Gasteiger partial charge < -0.3 is 9.13 Å². The molecule has 0 radical (unpaired) electrons. The fourth-order valence-electron chi connectivity index (χ4n) is 8.26. The molecule has 0 aliphatic carbocycles. The van der Waals surface area contributed by atoms with Crippen LogP contribution in [0.25, 0.3) is 100 Å². The Morgan fingerprint density at radius 2 is 0.750 bits per heavy atom. The standard InChI is InChI=1S/C51H33N5/c1-4-16-34(17-5-1)49-52-50(35-18-6-2-7-19-35)54-51(53-49)37-21-14-20-36(32-37)40-26-15-29-47-48(40)43-33-39(30-31-46(43)55(47)38-22-8-3-9-23-38)56-44-27-12-10-24-41(44)42-25-11-13-28-45(42)56/h1-33H. The smallest absolute Gasteiger partial charge is 0.164 e. The van der Waals surface area contributed by atoms with Crippen LogP contribution >= 0.6 is 0 Å². The van der Waals surface area contributed by atoms with Gasteiger partial charge in [-0.15, -0.1) is 0 Å². The highest BCUT2D eigenvalue weighted by atomic mass is 15.0. The molecule has 0 aliphatic heterocycles. The highest BCUT2D eigenvalue weighted by Crippen LogP contribution is 2.41. The molecule has 0 unspecified atom stereocenters. The van der Waals surface area contributed by atoms with Crippen LogP contribution < -0.4 is 0 Å². The molecule has 3 heterocycles. The lowest BCUT2D eigenvalue weighted by Crippen LogP contribution is -2.00. The maximum atomic E-state index is 5.05. The van der Waals surface area contributed by atoms with Crippen LogP contribution in [0.4, 0.5) is 0 Å². The third-order valence-electron chi connectivity index (χ3n) is 10.8. The second-order valence-electron chi connectivity index (χ2n) is 14.1. The van der Waals surface area contributed by atoms with Crippen LogP contribution in [-0.2, 0) is 0 Å². The summed E-state index contributed by atoms with van der Waals surface area (Å²) < 4.78 is 4.78. The third-order valence-corrected chi connectivity index (χ3v) is 10.8. The lowest BCUT2D eigenvalue weighted by atomic mass is 9.97. The summed E-state index contributed by atoms with van der Waals surface area (Å²) >= 11 is 0. The van der Waals surface area contributed by atoms with Gasteiger partial charge in [-0.1, -0.05) is 146 Å². The predicted molar refractivity (Wildman–Crippen MR) is 230 cm³/mol. The van der Waals surface area contributed by atoms with Gasteiger partial charge >= 0.3 is 0 Å². The Bertz CT molecular complexity index is 3120. The summed E-state index contributed by atoms with van der Waals surface area (Å²) in [6.07, 6.45) is 0. The number of rotatable bonds is 6. The van der Waals surface area contributed by atoms with Gasteiger partial charge in [-0.2, -0.15) is 0 Å². The van der Waals surface area contributed by atoms with Crippen LogP contribution in [-0.4, -0.2) is 24.1 Å². The summed E-state index contributed by atoms with van der Waals surface area (Å²) in [5.74, 6) is 1.92. The van der Waals surface area contributed by atoms with E-state index < -0.39 is 0 Å². The molecule has 0 bridgehead atoms. The largest absolute Gasteiger partial charge is 0.309 e. The zero-order chi connectivity index (χ0) is 37.0. The summed E-state index contributed by atoms with van der Waals surface area (Å²) in [6.45, 7) is 0. The molecule has 11 aromatic rings. The molecule has 262 valence electrons. The van der Waals surface area contributed by atoms with Crippen molar-refractivity contribution in [3.05, 3.63) is 200 Å². The van der Waals surface area contributed by atoms with Crippen molar-refractivity contribution >= 4 is 43.6 Å². The molecule has 11 rings (SSSR count). The summed E-state index contributed by atoms with van der Waals surface area (Å²) in [4.78, 5) is 15.0. The quantitative estimate of drug-likeness (QED) is 0.172. The molecular weight excluding hydrogens is 683 g/mol. The molecule has 0 fully saturated rings.